The molecule has 1 N–H and O–H groups in total. The van der Waals surface area contributed by atoms with Gasteiger partial charge in [-0.3, -0.25) is 4.68 Å². The maximum absolute atomic E-state index is 12.1. The molecule has 1 aromatic heterocycles. The summed E-state index contributed by atoms with van der Waals surface area (Å²) in [5.74, 6) is 0.609. The first-order valence-electron chi connectivity index (χ1n) is 5.58. The largest absolute Gasteiger partial charge is 0.256 e. The molecule has 0 aliphatic heterocycles. The molecule has 2 rings (SSSR count). The highest BCUT2D eigenvalue weighted by Crippen LogP contribution is 2.20. The highest BCUT2D eigenvalue weighted by molar-refractivity contribution is 9.10. The van der Waals surface area contributed by atoms with Crippen LogP contribution in [-0.4, -0.2) is 29.7 Å². The van der Waals surface area contributed by atoms with Crippen molar-refractivity contribution in [1.82, 2.24) is 19.5 Å². The Morgan fingerprint density at radius 2 is 2.11 bits per heavy atom. The highest BCUT2D eigenvalue weighted by Gasteiger charge is 2.16. The molecular weight excluding hydrogens is 332 g/mol. The summed E-state index contributed by atoms with van der Waals surface area (Å²) in [5.41, 5.74) is 0. The van der Waals surface area contributed by atoms with Crippen molar-refractivity contribution in [2.45, 2.75) is 11.3 Å². The summed E-state index contributed by atoms with van der Waals surface area (Å²) in [6.45, 7) is 0.258. The Morgan fingerprint density at radius 3 is 2.74 bits per heavy atom. The summed E-state index contributed by atoms with van der Waals surface area (Å²) in [6.07, 6.45) is 2.03. The summed E-state index contributed by atoms with van der Waals surface area (Å²) in [6, 6.07) is 6.68. The third kappa shape index (κ3) is 3.62. The Labute approximate surface area is 120 Å². The Hall–Kier alpha value is -1.25. The summed E-state index contributed by atoms with van der Waals surface area (Å²) < 4.78 is 28.8. The van der Waals surface area contributed by atoms with Gasteiger partial charge in [0, 0.05) is 24.5 Å². The summed E-state index contributed by atoms with van der Waals surface area (Å²) >= 11 is 3.23. The molecule has 19 heavy (non-hydrogen) atoms. The van der Waals surface area contributed by atoms with E-state index < -0.39 is 10.0 Å². The van der Waals surface area contributed by atoms with Crippen molar-refractivity contribution in [2.75, 3.05) is 6.54 Å². The van der Waals surface area contributed by atoms with Crippen molar-refractivity contribution in [1.29, 1.82) is 0 Å². The fourth-order valence-electron chi connectivity index (χ4n) is 1.54. The van der Waals surface area contributed by atoms with E-state index in [1.807, 2.05) is 0 Å². The van der Waals surface area contributed by atoms with Crippen molar-refractivity contribution in [3.05, 3.63) is 40.9 Å². The number of rotatable bonds is 5. The first kappa shape index (κ1) is 14.2. The first-order valence-corrected chi connectivity index (χ1v) is 7.85. The Morgan fingerprint density at radius 1 is 1.37 bits per heavy atom. The van der Waals surface area contributed by atoms with E-state index in [1.54, 1.807) is 42.3 Å². The van der Waals surface area contributed by atoms with Crippen molar-refractivity contribution in [3.63, 3.8) is 0 Å². The molecule has 102 valence electrons. The molecule has 0 spiro atoms. The number of benzene rings is 1. The molecule has 2 aromatic rings. The van der Waals surface area contributed by atoms with Crippen LogP contribution >= 0.6 is 15.9 Å². The second-order valence-corrected chi connectivity index (χ2v) is 6.50. The quantitative estimate of drug-likeness (QED) is 0.880. The van der Waals surface area contributed by atoms with E-state index >= 15 is 0 Å². The highest BCUT2D eigenvalue weighted by atomic mass is 79.9. The minimum absolute atomic E-state index is 0.226. The predicted octanol–water partition coefficient (Wildman–Crippen LogP) is 1.10. The second-order valence-electron chi connectivity index (χ2n) is 3.91. The molecule has 0 fully saturated rings. The average Bonchev–Trinajstić information content (AvgIpc) is 2.75. The van der Waals surface area contributed by atoms with E-state index in [0.717, 1.165) is 0 Å². The number of aromatic nitrogens is 3. The fraction of sp³-hybridized carbons (Fsp3) is 0.273. The Kier molecular flexibility index (Phi) is 4.33. The van der Waals surface area contributed by atoms with Gasteiger partial charge in [0.25, 0.3) is 0 Å². The first-order chi connectivity index (χ1) is 8.99. The van der Waals surface area contributed by atoms with E-state index in [1.165, 1.54) is 0 Å². The smallest absolute Gasteiger partial charge is 0.241 e. The SMILES string of the molecule is Cn1cnc(CCNS(=O)(=O)c2ccccc2Br)n1. The van der Waals surface area contributed by atoms with Gasteiger partial charge in [-0.2, -0.15) is 5.10 Å². The molecule has 0 bridgehead atoms. The zero-order valence-corrected chi connectivity index (χ0v) is 12.6. The van der Waals surface area contributed by atoms with Crippen LogP contribution in [0, 0.1) is 0 Å². The molecule has 0 amide bonds. The van der Waals surface area contributed by atoms with E-state index in [0.29, 0.717) is 16.7 Å². The van der Waals surface area contributed by atoms with Crippen molar-refractivity contribution >= 4 is 26.0 Å². The van der Waals surface area contributed by atoms with Crippen LogP contribution in [0.1, 0.15) is 5.82 Å². The Balaban J connectivity index is 2.01. The van der Waals surface area contributed by atoms with E-state index in [4.69, 9.17) is 0 Å². The molecule has 1 aromatic carbocycles. The molecule has 0 saturated carbocycles. The van der Waals surface area contributed by atoms with Crippen LogP contribution in [0.4, 0.5) is 0 Å². The zero-order chi connectivity index (χ0) is 13.9. The second kappa shape index (κ2) is 5.81. The molecule has 8 heteroatoms. The normalized spacial score (nSPS) is 11.7. The maximum Gasteiger partial charge on any atom is 0.241 e. The van der Waals surface area contributed by atoms with Gasteiger partial charge in [-0.1, -0.05) is 12.1 Å². The van der Waals surface area contributed by atoms with Crippen molar-refractivity contribution in [2.24, 2.45) is 7.05 Å². The third-order valence-electron chi connectivity index (χ3n) is 2.41. The van der Waals surface area contributed by atoms with Gasteiger partial charge < -0.3 is 0 Å². The van der Waals surface area contributed by atoms with Gasteiger partial charge in [-0.05, 0) is 28.1 Å². The van der Waals surface area contributed by atoms with E-state index in [9.17, 15) is 8.42 Å². The average molecular weight is 345 g/mol. The number of aryl methyl sites for hydroxylation is 1. The lowest BCUT2D eigenvalue weighted by Crippen LogP contribution is -2.26. The number of hydrogen-bond donors (Lipinski definition) is 1. The lowest BCUT2D eigenvalue weighted by atomic mass is 10.4. The molecule has 0 aliphatic rings. The van der Waals surface area contributed by atoms with Gasteiger partial charge >= 0.3 is 0 Å². The molecular formula is C11H13BrN4O2S. The van der Waals surface area contributed by atoms with Gasteiger partial charge in [0.15, 0.2) is 5.82 Å². The molecule has 0 saturated heterocycles. The fourth-order valence-corrected chi connectivity index (χ4v) is 3.57. The van der Waals surface area contributed by atoms with Crippen LogP contribution in [0.15, 0.2) is 40.0 Å². The monoisotopic (exact) mass is 344 g/mol. The number of halogens is 1. The lowest BCUT2D eigenvalue weighted by molar-refractivity contribution is 0.580. The molecule has 0 radical (unpaired) electrons. The maximum atomic E-state index is 12.1. The molecule has 0 atom stereocenters. The minimum Gasteiger partial charge on any atom is -0.256 e. The summed E-state index contributed by atoms with van der Waals surface area (Å²) in [4.78, 5) is 4.26. The van der Waals surface area contributed by atoms with Crippen LogP contribution in [0.2, 0.25) is 0 Å². The van der Waals surface area contributed by atoms with Gasteiger partial charge in [0.2, 0.25) is 10.0 Å². The molecule has 0 aliphatic carbocycles. The van der Waals surface area contributed by atoms with Crippen molar-refractivity contribution < 1.29 is 8.42 Å². The molecule has 6 nitrogen and oxygen atoms in total. The van der Waals surface area contributed by atoms with Crippen LogP contribution in [-0.2, 0) is 23.5 Å². The summed E-state index contributed by atoms with van der Waals surface area (Å²) in [7, 11) is -1.75. The summed E-state index contributed by atoms with van der Waals surface area (Å²) in [5, 5.41) is 4.08. The number of hydrogen-bond acceptors (Lipinski definition) is 4. The van der Waals surface area contributed by atoms with E-state index in [-0.39, 0.29) is 11.4 Å². The third-order valence-corrected chi connectivity index (χ3v) is 4.89. The van der Waals surface area contributed by atoms with Crippen LogP contribution in [0.3, 0.4) is 0 Å². The van der Waals surface area contributed by atoms with Crippen LogP contribution in [0.5, 0.6) is 0 Å². The minimum atomic E-state index is -3.51. The predicted molar refractivity (Wildman–Crippen MR) is 74.0 cm³/mol. The topological polar surface area (TPSA) is 76.9 Å². The van der Waals surface area contributed by atoms with Gasteiger partial charge in [-0.25, -0.2) is 18.1 Å². The van der Waals surface area contributed by atoms with Gasteiger partial charge in [0.1, 0.15) is 6.33 Å². The molecule has 1 heterocycles. The lowest BCUT2D eigenvalue weighted by Gasteiger charge is -2.07. The Bertz CT molecular complexity index is 669. The number of nitrogens with zero attached hydrogens (tertiary/aromatic N) is 3. The number of sulfonamides is 1. The number of nitrogens with one attached hydrogen (secondary N) is 1. The standard InChI is InChI=1S/C11H13BrN4O2S/c1-16-8-13-11(15-16)6-7-14-19(17,18)10-5-3-2-4-9(10)12/h2-5,8,14H,6-7H2,1H3. The van der Waals surface area contributed by atoms with Gasteiger partial charge in [-0.15, -0.1) is 0 Å². The van der Waals surface area contributed by atoms with Crippen molar-refractivity contribution in [3.8, 4) is 0 Å². The van der Waals surface area contributed by atoms with Crippen LogP contribution < -0.4 is 4.72 Å². The van der Waals surface area contributed by atoms with E-state index in [2.05, 4.69) is 30.7 Å². The molecule has 0 unspecified atom stereocenters. The van der Waals surface area contributed by atoms with Gasteiger partial charge in [0.05, 0.1) is 4.90 Å². The van der Waals surface area contributed by atoms with Crippen LogP contribution in [0.25, 0.3) is 0 Å². The zero-order valence-electron chi connectivity index (χ0n) is 10.2.